The van der Waals surface area contributed by atoms with Crippen molar-refractivity contribution in [3.8, 4) is 0 Å². The summed E-state index contributed by atoms with van der Waals surface area (Å²) in [6, 6.07) is 14.8. The van der Waals surface area contributed by atoms with Gasteiger partial charge in [0.2, 0.25) is 0 Å². The lowest BCUT2D eigenvalue weighted by molar-refractivity contribution is 0.911. The summed E-state index contributed by atoms with van der Waals surface area (Å²) in [7, 11) is 2.11. The number of hydrogen-bond donors (Lipinski definition) is 1. The lowest BCUT2D eigenvalue weighted by atomic mass is 10.1. The zero-order valence-corrected chi connectivity index (χ0v) is 12.9. The standard InChI is InChI=1S/C16H19BrN2/c1-12-6-7-15(17)9-16(12)19(2)11-14-5-3-4-13(8-14)10-18/h3-9H,10-11,18H2,1-2H3. The molecule has 0 saturated carbocycles. The predicted molar refractivity (Wildman–Crippen MR) is 85.3 cm³/mol. The highest BCUT2D eigenvalue weighted by atomic mass is 79.9. The highest BCUT2D eigenvalue weighted by molar-refractivity contribution is 9.10. The van der Waals surface area contributed by atoms with E-state index >= 15 is 0 Å². The van der Waals surface area contributed by atoms with Crippen LogP contribution in [0.4, 0.5) is 5.69 Å². The molecule has 0 radical (unpaired) electrons. The summed E-state index contributed by atoms with van der Waals surface area (Å²) < 4.78 is 1.11. The Kier molecular flexibility index (Phi) is 4.61. The van der Waals surface area contributed by atoms with Gasteiger partial charge in [-0.25, -0.2) is 0 Å². The minimum absolute atomic E-state index is 0.591. The normalized spacial score (nSPS) is 10.5. The van der Waals surface area contributed by atoms with Crippen LogP contribution in [0.15, 0.2) is 46.9 Å². The van der Waals surface area contributed by atoms with Crippen LogP contribution in [0.25, 0.3) is 0 Å². The van der Waals surface area contributed by atoms with E-state index < -0.39 is 0 Å². The molecule has 0 unspecified atom stereocenters. The molecular formula is C16H19BrN2. The summed E-state index contributed by atoms with van der Waals surface area (Å²) >= 11 is 3.53. The average Bonchev–Trinajstić information content (AvgIpc) is 2.41. The van der Waals surface area contributed by atoms with Gasteiger partial charge in [0.1, 0.15) is 0 Å². The van der Waals surface area contributed by atoms with E-state index in [0.717, 1.165) is 11.0 Å². The molecule has 0 atom stereocenters. The molecule has 0 aromatic heterocycles. The molecule has 19 heavy (non-hydrogen) atoms. The maximum Gasteiger partial charge on any atom is 0.0426 e. The first kappa shape index (κ1) is 14.1. The van der Waals surface area contributed by atoms with Crippen molar-refractivity contribution in [2.24, 2.45) is 5.73 Å². The van der Waals surface area contributed by atoms with E-state index in [2.05, 4.69) is 77.3 Å². The minimum Gasteiger partial charge on any atom is -0.370 e. The quantitative estimate of drug-likeness (QED) is 0.927. The Hall–Kier alpha value is -1.32. The maximum absolute atomic E-state index is 5.68. The molecule has 2 aromatic carbocycles. The summed E-state index contributed by atoms with van der Waals surface area (Å²) in [5, 5.41) is 0. The van der Waals surface area contributed by atoms with E-state index in [0.29, 0.717) is 6.54 Å². The maximum atomic E-state index is 5.68. The van der Waals surface area contributed by atoms with Gasteiger partial charge in [-0.2, -0.15) is 0 Å². The van der Waals surface area contributed by atoms with Gasteiger partial charge in [0.15, 0.2) is 0 Å². The second kappa shape index (κ2) is 6.22. The number of anilines is 1. The summed E-state index contributed by atoms with van der Waals surface area (Å²) in [5.41, 5.74) is 10.7. The molecule has 0 bridgehead atoms. The number of halogens is 1. The van der Waals surface area contributed by atoms with Gasteiger partial charge in [-0.3, -0.25) is 0 Å². The topological polar surface area (TPSA) is 29.3 Å². The van der Waals surface area contributed by atoms with Crippen molar-refractivity contribution < 1.29 is 0 Å². The van der Waals surface area contributed by atoms with Crippen molar-refractivity contribution >= 4 is 21.6 Å². The van der Waals surface area contributed by atoms with Gasteiger partial charge in [-0.15, -0.1) is 0 Å². The van der Waals surface area contributed by atoms with Crippen LogP contribution < -0.4 is 10.6 Å². The van der Waals surface area contributed by atoms with Gasteiger partial charge in [0, 0.05) is 30.3 Å². The Bertz CT molecular complexity index is 566. The van der Waals surface area contributed by atoms with Crippen LogP contribution in [-0.2, 0) is 13.1 Å². The molecule has 100 valence electrons. The Morgan fingerprint density at radius 1 is 1.11 bits per heavy atom. The van der Waals surface area contributed by atoms with Crippen LogP contribution in [-0.4, -0.2) is 7.05 Å². The number of aryl methyl sites for hydroxylation is 1. The van der Waals surface area contributed by atoms with E-state index in [1.165, 1.54) is 22.4 Å². The molecule has 0 spiro atoms. The third-order valence-corrected chi connectivity index (χ3v) is 3.72. The van der Waals surface area contributed by atoms with Crippen molar-refractivity contribution in [2.75, 3.05) is 11.9 Å². The van der Waals surface area contributed by atoms with Crippen LogP contribution in [0.3, 0.4) is 0 Å². The Labute approximate surface area is 123 Å². The monoisotopic (exact) mass is 318 g/mol. The first-order chi connectivity index (χ1) is 9.10. The molecule has 0 fully saturated rings. The highest BCUT2D eigenvalue weighted by Gasteiger charge is 2.06. The first-order valence-corrected chi connectivity index (χ1v) is 7.14. The van der Waals surface area contributed by atoms with Crippen molar-refractivity contribution in [3.05, 3.63) is 63.6 Å². The smallest absolute Gasteiger partial charge is 0.0426 e. The number of nitrogens with zero attached hydrogens (tertiary/aromatic N) is 1. The molecule has 2 rings (SSSR count). The summed E-state index contributed by atoms with van der Waals surface area (Å²) in [5.74, 6) is 0. The van der Waals surface area contributed by atoms with Crippen molar-refractivity contribution in [3.63, 3.8) is 0 Å². The van der Waals surface area contributed by atoms with E-state index in [4.69, 9.17) is 5.73 Å². The largest absolute Gasteiger partial charge is 0.370 e. The van der Waals surface area contributed by atoms with Gasteiger partial charge in [-0.1, -0.05) is 46.3 Å². The number of hydrogen-bond acceptors (Lipinski definition) is 2. The number of benzene rings is 2. The van der Waals surface area contributed by atoms with Crippen LogP contribution in [0, 0.1) is 6.92 Å². The third-order valence-electron chi connectivity index (χ3n) is 3.23. The molecule has 2 N–H and O–H groups in total. The zero-order valence-electron chi connectivity index (χ0n) is 11.4. The van der Waals surface area contributed by atoms with E-state index in [1.54, 1.807) is 0 Å². The van der Waals surface area contributed by atoms with Gasteiger partial charge in [-0.05, 0) is 35.7 Å². The van der Waals surface area contributed by atoms with Crippen molar-refractivity contribution in [1.82, 2.24) is 0 Å². The summed E-state index contributed by atoms with van der Waals surface area (Å²) in [6.45, 7) is 3.60. The van der Waals surface area contributed by atoms with Crippen molar-refractivity contribution in [1.29, 1.82) is 0 Å². The van der Waals surface area contributed by atoms with Gasteiger partial charge in [0.05, 0.1) is 0 Å². The van der Waals surface area contributed by atoms with Crippen LogP contribution in [0.2, 0.25) is 0 Å². The van der Waals surface area contributed by atoms with E-state index in [9.17, 15) is 0 Å². The molecule has 3 heteroatoms. The zero-order chi connectivity index (χ0) is 13.8. The van der Waals surface area contributed by atoms with Gasteiger partial charge < -0.3 is 10.6 Å². The van der Waals surface area contributed by atoms with E-state index in [1.807, 2.05) is 0 Å². The highest BCUT2D eigenvalue weighted by Crippen LogP contribution is 2.25. The Morgan fingerprint density at radius 2 is 1.84 bits per heavy atom. The molecule has 0 saturated heterocycles. The minimum atomic E-state index is 0.591. The molecule has 0 amide bonds. The van der Waals surface area contributed by atoms with Crippen LogP contribution in [0.1, 0.15) is 16.7 Å². The SMILES string of the molecule is Cc1ccc(Br)cc1N(C)Cc1cccc(CN)c1. The van der Waals surface area contributed by atoms with Gasteiger partial charge in [0.25, 0.3) is 0 Å². The molecule has 0 aliphatic heterocycles. The van der Waals surface area contributed by atoms with Gasteiger partial charge >= 0.3 is 0 Å². The molecule has 2 nitrogen and oxygen atoms in total. The molecule has 2 aromatic rings. The number of rotatable bonds is 4. The van der Waals surface area contributed by atoms with Crippen LogP contribution in [0.5, 0.6) is 0 Å². The number of nitrogens with two attached hydrogens (primary N) is 1. The third kappa shape index (κ3) is 3.58. The second-order valence-electron chi connectivity index (χ2n) is 4.81. The molecular weight excluding hydrogens is 300 g/mol. The fraction of sp³-hybridized carbons (Fsp3) is 0.250. The molecule has 0 heterocycles. The fourth-order valence-electron chi connectivity index (χ4n) is 2.21. The van der Waals surface area contributed by atoms with Crippen LogP contribution >= 0.6 is 15.9 Å². The Morgan fingerprint density at radius 3 is 2.58 bits per heavy atom. The second-order valence-corrected chi connectivity index (χ2v) is 5.73. The lowest BCUT2D eigenvalue weighted by Crippen LogP contribution is -2.17. The Balaban J connectivity index is 2.20. The summed E-state index contributed by atoms with van der Waals surface area (Å²) in [6.07, 6.45) is 0. The molecule has 0 aliphatic rings. The predicted octanol–water partition coefficient (Wildman–Crippen LogP) is 3.85. The molecule has 0 aliphatic carbocycles. The fourth-order valence-corrected chi connectivity index (χ4v) is 2.56. The van der Waals surface area contributed by atoms with Crippen molar-refractivity contribution in [2.45, 2.75) is 20.0 Å². The first-order valence-electron chi connectivity index (χ1n) is 6.35. The summed E-state index contributed by atoms with van der Waals surface area (Å²) in [4.78, 5) is 2.26. The van der Waals surface area contributed by atoms with E-state index in [-0.39, 0.29) is 0 Å². The average molecular weight is 319 g/mol. The lowest BCUT2D eigenvalue weighted by Gasteiger charge is -2.22.